The number of nitrogens with zero attached hydrogens (tertiary/aromatic N) is 2. The minimum atomic E-state index is -0.314. The SMILES string of the molecule is CCN1CCc2ccc(NC(=O)c3c(-c4c(Cl)cccc4Cl)noc3C)cc21. The first-order valence-electron chi connectivity index (χ1n) is 9.09. The van der Waals surface area contributed by atoms with Crippen LogP contribution < -0.4 is 10.2 Å². The van der Waals surface area contributed by atoms with Crippen LogP contribution in [-0.4, -0.2) is 24.2 Å². The normalized spacial score (nSPS) is 12.9. The Bertz CT molecular complexity index is 1040. The highest BCUT2D eigenvalue weighted by Crippen LogP contribution is 2.37. The summed E-state index contributed by atoms with van der Waals surface area (Å²) in [6.07, 6.45) is 1.03. The highest BCUT2D eigenvalue weighted by molar-refractivity contribution is 6.39. The molecule has 0 spiro atoms. The fourth-order valence-corrected chi connectivity index (χ4v) is 4.16. The Hall–Kier alpha value is -2.50. The lowest BCUT2D eigenvalue weighted by atomic mass is 10.1. The van der Waals surface area contributed by atoms with Crippen molar-refractivity contribution in [3.63, 3.8) is 0 Å². The lowest BCUT2D eigenvalue weighted by Crippen LogP contribution is -2.19. The van der Waals surface area contributed by atoms with Crippen LogP contribution in [0.5, 0.6) is 0 Å². The van der Waals surface area contributed by atoms with E-state index in [1.165, 1.54) is 5.56 Å². The van der Waals surface area contributed by atoms with Crippen molar-refractivity contribution in [2.75, 3.05) is 23.3 Å². The van der Waals surface area contributed by atoms with Crippen molar-refractivity contribution in [1.29, 1.82) is 0 Å². The Kier molecular flexibility index (Phi) is 5.04. The fourth-order valence-electron chi connectivity index (χ4n) is 3.58. The van der Waals surface area contributed by atoms with Gasteiger partial charge in [0.1, 0.15) is 17.0 Å². The highest BCUT2D eigenvalue weighted by Gasteiger charge is 2.25. The van der Waals surface area contributed by atoms with Gasteiger partial charge in [0.15, 0.2) is 0 Å². The number of anilines is 2. The van der Waals surface area contributed by atoms with E-state index in [2.05, 4.69) is 28.4 Å². The number of aromatic nitrogens is 1. The zero-order valence-electron chi connectivity index (χ0n) is 15.6. The van der Waals surface area contributed by atoms with Gasteiger partial charge in [-0.1, -0.05) is 40.5 Å². The molecule has 1 aliphatic heterocycles. The molecule has 0 unspecified atom stereocenters. The van der Waals surface area contributed by atoms with Gasteiger partial charge in [0, 0.05) is 30.0 Å². The predicted molar refractivity (Wildman–Crippen MR) is 113 cm³/mol. The second-order valence-corrected chi connectivity index (χ2v) is 7.50. The number of nitrogens with one attached hydrogen (secondary N) is 1. The molecule has 0 aliphatic carbocycles. The van der Waals surface area contributed by atoms with E-state index in [9.17, 15) is 4.79 Å². The zero-order chi connectivity index (χ0) is 19.8. The van der Waals surface area contributed by atoms with E-state index in [1.807, 2.05) is 12.1 Å². The number of carbonyl (C=O) groups is 1. The van der Waals surface area contributed by atoms with Crippen LogP contribution in [-0.2, 0) is 6.42 Å². The topological polar surface area (TPSA) is 58.4 Å². The number of hydrogen-bond donors (Lipinski definition) is 1. The summed E-state index contributed by atoms with van der Waals surface area (Å²) >= 11 is 12.6. The van der Waals surface area contributed by atoms with E-state index >= 15 is 0 Å². The Balaban J connectivity index is 1.68. The zero-order valence-corrected chi connectivity index (χ0v) is 17.1. The molecule has 0 saturated heterocycles. The average Bonchev–Trinajstić information content (AvgIpc) is 3.24. The van der Waals surface area contributed by atoms with Gasteiger partial charge in [0.05, 0.1) is 10.0 Å². The number of likely N-dealkylation sites (N-methyl/N-ethyl adjacent to an activating group) is 1. The molecule has 7 heteroatoms. The lowest BCUT2D eigenvalue weighted by molar-refractivity contribution is 0.102. The summed E-state index contributed by atoms with van der Waals surface area (Å²) in [5.41, 5.74) is 4.32. The van der Waals surface area contributed by atoms with Gasteiger partial charge in [-0.15, -0.1) is 0 Å². The molecule has 0 atom stereocenters. The van der Waals surface area contributed by atoms with Gasteiger partial charge >= 0.3 is 0 Å². The molecule has 0 radical (unpaired) electrons. The van der Waals surface area contributed by atoms with Crippen LogP contribution in [0, 0.1) is 6.92 Å². The number of halogens is 2. The van der Waals surface area contributed by atoms with E-state index in [-0.39, 0.29) is 5.91 Å². The minimum absolute atomic E-state index is 0.314. The molecule has 3 aromatic rings. The van der Waals surface area contributed by atoms with Crippen molar-refractivity contribution in [3.8, 4) is 11.3 Å². The van der Waals surface area contributed by atoms with Crippen LogP contribution in [0.3, 0.4) is 0 Å². The maximum atomic E-state index is 13.1. The number of rotatable bonds is 4. The van der Waals surface area contributed by atoms with Gasteiger partial charge in [-0.3, -0.25) is 4.79 Å². The Morgan fingerprint density at radius 3 is 2.71 bits per heavy atom. The van der Waals surface area contributed by atoms with Crippen molar-refractivity contribution in [2.24, 2.45) is 0 Å². The summed E-state index contributed by atoms with van der Waals surface area (Å²) in [5, 5.41) is 7.81. The van der Waals surface area contributed by atoms with E-state index in [0.717, 1.165) is 30.9 Å². The molecule has 4 rings (SSSR count). The number of amides is 1. The summed E-state index contributed by atoms with van der Waals surface area (Å²) in [7, 11) is 0. The van der Waals surface area contributed by atoms with Gasteiger partial charge in [-0.2, -0.15) is 0 Å². The molecule has 0 fully saturated rings. The molecule has 1 amide bonds. The van der Waals surface area contributed by atoms with Gasteiger partial charge in [0.25, 0.3) is 5.91 Å². The van der Waals surface area contributed by atoms with Crippen molar-refractivity contribution in [2.45, 2.75) is 20.3 Å². The van der Waals surface area contributed by atoms with Crippen molar-refractivity contribution in [1.82, 2.24) is 5.16 Å². The molecule has 0 saturated carbocycles. The molecule has 5 nitrogen and oxygen atoms in total. The minimum Gasteiger partial charge on any atom is -0.371 e. The third kappa shape index (κ3) is 3.25. The van der Waals surface area contributed by atoms with Crippen molar-refractivity contribution in [3.05, 3.63) is 63.3 Å². The first-order chi connectivity index (χ1) is 13.5. The number of fused-ring (bicyclic) bond motifs is 1. The van der Waals surface area contributed by atoms with Crippen molar-refractivity contribution < 1.29 is 9.32 Å². The van der Waals surface area contributed by atoms with Crippen LogP contribution in [0.1, 0.15) is 28.6 Å². The summed E-state index contributed by atoms with van der Waals surface area (Å²) in [4.78, 5) is 15.3. The molecule has 2 aromatic carbocycles. The quantitative estimate of drug-likeness (QED) is 0.602. The fraction of sp³-hybridized carbons (Fsp3) is 0.238. The average molecular weight is 416 g/mol. The highest BCUT2D eigenvalue weighted by atomic mass is 35.5. The Morgan fingerprint density at radius 2 is 2.00 bits per heavy atom. The molecule has 28 heavy (non-hydrogen) atoms. The van der Waals surface area contributed by atoms with Crippen molar-refractivity contribution >= 4 is 40.5 Å². The smallest absolute Gasteiger partial charge is 0.261 e. The lowest BCUT2D eigenvalue weighted by Gasteiger charge is -2.17. The standard InChI is InChI=1S/C21H19Cl2N3O2/c1-3-26-10-9-13-7-8-14(11-17(13)26)24-21(27)18-12(2)28-25-20(18)19-15(22)5-4-6-16(19)23/h4-8,11H,3,9-10H2,1-2H3,(H,24,27). The van der Waals surface area contributed by atoms with Gasteiger partial charge in [0.2, 0.25) is 0 Å². The van der Waals surface area contributed by atoms with E-state index < -0.39 is 0 Å². The van der Waals surface area contributed by atoms with Crippen LogP contribution in [0.15, 0.2) is 40.9 Å². The van der Waals surface area contributed by atoms with Crippen LogP contribution in [0.25, 0.3) is 11.3 Å². The summed E-state index contributed by atoms with van der Waals surface area (Å²) < 4.78 is 5.29. The monoisotopic (exact) mass is 415 g/mol. The van der Waals surface area contributed by atoms with Gasteiger partial charge < -0.3 is 14.7 Å². The first kappa shape index (κ1) is 18.8. The molecule has 1 aromatic heterocycles. The number of aryl methyl sites for hydroxylation is 1. The molecule has 1 N–H and O–H groups in total. The van der Waals surface area contributed by atoms with Gasteiger partial charge in [-0.25, -0.2) is 0 Å². The number of benzene rings is 2. The number of hydrogen-bond acceptors (Lipinski definition) is 4. The molecular weight excluding hydrogens is 397 g/mol. The summed E-state index contributed by atoms with van der Waals surface area (Å²) in [6, 6.07) is 11.1. The third-order valence-corrected chi connectivity index (χ3v) is 5.64. The maximum absolute atomic E-state index is 13.1. The summed E-state index contributed by atoms with van der Waals surface area (Å²) in [5.74, 6) is 0.0885. The van der Waals surface area contributed by atoms with Gasteiger partial charge in [-0.05, 0) is 50.1 Å². The molecule has 144 valence electrons. The second-order valence-electron chi connectivity index (χ2n) is 6.69. The second kappa shape index (κ2) is 7.49. The Morgan fingerprint density at radius 1 is 1.25 bits per heavy atom. The Labute approximate surface area is 173 Å². The molecule has 1 aliphatic rings. The largest absolute Gasteiger partial charge is 0.371 e. The molecule has 0 bridgehead atoms. The van der Waals surface area contributed by atoms with Crippen LogP contribution in [0.2, 0.25) is 10.0 Å². The van der Waals surface area contributed by atoms with E-state index in [0.29, 0.717) is 32.6 Å². The molecule has 2 heterocycles. The number of carbonyl (C=O) groups excluding carboxylic acids is 1. The van der Waals surface area contributed by atoms with E-state index in [4.69, 9.17) is 27.7 Å². The van der Waals surface area contributed by atoms with Crippen LogP contribution in [0.4, 0.5) is 11.4 Å². The summed E-state index contributed by atoms with van der Waals surface area (Å²) in [6.45, 7) is 5.76. The van der Waals surface area contributed by atoms with E-state index in [1.54, 1.807) is 25.1 Å². The predicted octanol–water partition coefficient (Wildman–Crippen LogP) is 5.59. The van der Waals surface area contributed by atoms with Crippen LogP contribution >= 0.6 is 23.2 Å². The first-order valence-corrected chi connectivity index (χ1v) is 9.85. The molecular formula is C21H19Cl2N3O2. The third-order valence-electron chi connectivity index (χ3n) is 5.01. The maximum Gasteiger partial charge on any atom is 0.261 e.